The van der Waals surface area contributed by atoms with Crippen LogP contribution in [0.25, 0.3) is 12.2 Å². The maximum Gasteiger partial charge on any atom is 0.176 e. The maximum atomic E-state index is 12.5. The van der Waals surface area contributed by atoms with Crippen molar-refractivity contribution in [2.45, 2.75) is 5.92 Å². The number of hydrogen-bond donors (Lipinski definition) is 0. The van der Waals surface area contributed by atoms with Gasteiger partial charge in [0.05, 0.1) is 19.0 Å². The van der Waals surface area contributed by atoms with Crippen LogP contribution in [0.2, 0.25) is 5.02 Å². The molecule has 30 heavy (non-hydrogen) atoms. The Morgan fingerprint density at radius 1 is 0.900 bits per heavy atom. The third-order valence-corrected chi connectivity index (χ3v) is 5.48. The first-order valence-electron chi connectivity index (χ1n) is 9.93. The van der Waals surface area contributed by atoms with E-state index in [9.17, 15) is 4.79 Å². The van der Waals surface area contributed by atoms with Gasteiger partial charge in [-0.3, -0.25) is 9.69 Å². The van der Waals surface area contributed by atoms with Crippen molar-refractivity contribution in [3.63, 3.8) is 0 Å². The van der Waals surface area contributed by atoms with Crippen molar-refractivity contribution in [3.05, 3.63) is 106 Å². The van der Waals surface area contributed by atoms with Crippen molar-refractivity contribution >= 4 is 29.5 Å². The molecule has 2 nitrogen and oxygen atoms in total. The fraction of sp³-hybridized carbons (Fsp3) is 0.148. The molecule has 0 radical (unpaired) electrons. The van der Waals surface area contributed by atoms with Crippen LogP contribution in [-0.2, 0) is 0 Å². The number of ketones is 1. The topological polar surface area (TPSA) is 20.3 Å². The van der Waals surface area contributed by atoms with E-state index in [1.807, 2.05) is 11.9 Å². The molecule has 0 fully saturated rings. The van der Waals surface area contributed by atoms with Crippen molar-refractivity contribution in [3.8, 4) is 11.8 Å². The largest absolute Gasteiger partial charge is 0.293 e. The second-order valence-corrected chi connectivity index (χ2v) is 7.88. The number of rotatable bonds is 4. The smallest absolute Gasteiger partial charge is 0.176 e. The summed E-state index contributed by atoms with van der Waals surface area (Å²) >= 11 is 5.90. The number of fused-ring (bicyclic) bond motifs is 2. The van der Waals surface area contributed by atoms with E-state index >= 15 is 0 Å². The highest BCUT2D eigenvalue weighted by Gasteiger charge is 2.19. The molecule has 0 aromatic heterocycles. The number of hydrogen-bond acceptors (Lipinski definition) is 2. The van der Waals surface area contributed by atoms with E-state index in [2.05, 4.69) is 72.5 Å². The van der Waals surface area contributed by atoms with E-state index in [0.717, 1.165) is 0 Å². The highest BCUT2D eigenvalue weighted by molar-refractivity contribution is 6.30. The third kappa shape index (κ3) is 4.54. The molecule has 1 aliphatic rings. The molecule has 0 heterocycles. The minimum absolute atomic E-state index is 0.00719. The first-order chi connectivity index (χ1) is 14.6. The molecule has 3 aromatic rings. The number of nitrogens with zero attached hydrogens (tertiary/aromatic N) is 1. The van der Waals surface area contributed by atoms with Gasteiger partial charge in [-0.2, -0.15) is 0 Å². The van der Waals surface area contributed by atoms with Crippen molar-refractivity contribution < 1.29 is 4.79 Å². The lowest BCUT2D eigenvalue weighted by Gasteiger charge is -2.15. The summed E-state index contributed by atoms with van der Waals surface area (Å²) in [7, 11) is 1.92. The summed E-state index contributed by atoms with van der Waals surface area (Å²) in [4.78, 5) is 14.4. The molecule has 3 heteroatoms. The van der Waals surface area contributed by atoms with E-state index in [-0.39, 0.29) is 11.7 Å². The summed E-state index contributed by atoms with van der Waals surface area (Å²) in [6, 6.07) is 23.8. The molecule has 3 aromatic carbocycles. The molecule has 0 bridgehead atoms. The lowest BCUT2D eigenvalue weighted by molar-refractivity contribution is 0.0952. The SMILES string of the molecule is CN(CC#CC1c2ccccc2C=Cc2ccccc21)CC(=O)c1ccc(Cl)cc1. The summed E-state index contributed by atoms with van der Waals surface area (Å²) in [6.45, 7) is 0.837. The van der Waals surface area contributed by atoms with Crippen LogP contribution in [0.15, 0.2) is 72.8 Å². The number of benzene rings is 3. The van der Waals surface area contributed by atoms with Gasteiger partial charge in [-0.15, -0.1) is 0 Å². The number of halogens is 1. The van der Waals surface area contributed by atoms with Crippen LogP contribution < -0.4 is 0 Å². The summed E-state index contributed by atoms with van der Waals surface area (Å²) < 4.78 is 0. The molecule has 1 aliphatic carbocycles. The number of carbonyl (C=O) groups is 1. The zero-order chi connectivity index (χ0) is 20.9. The van der Waals surface area contributed by atoms with E-state index in [4.69, 9.17) is 11.6 Å². The van der Waals surface area contributed by atoms with Gasteiger partial charge in [0.15, 0.2) is 5.78 Å². The van der Waals surface area contributed by atoms with Crippen LogP contribution in [-0.4, -0.2) is 30.8 Å². The van der Waals surface area contributed by atoms with Crippen LogP contribution in [0, 0.1) is 11.8 Å². The normalized spacial score (nSPS) is 12.5. The van der Waals surface area contributed by atoms with Crippen LogP contribution in [0.3, 0.4) is 0 Å². The minimum atomic E-state index is 0.00719. The van der Waals surface area contributed by atoms with Gasteiger partial charge in [0.25, 0.3) is 0 Å². The molecular formula is C27H22ClNO. The Morgan fingerprint density at radius 3 is 2.07 bits per heavy atom. The number of likely N-dealkylation sites (N-methyl/N-ethyl adjacent to an activating group) is 1. The molecule has 0 unspecified atom stereocenters. The second kappa shape index (κ2) is 9.13. The zero-order valence-corrected chi connectivity index (χ0v) is 17.6. The summed E-state index contributed by atoms with van der Waals surface area (Å²) in [5.41, 5.74) is 5.48. The molecule has 4 rings (SSSR count). The molecule has 0 N–H and O–H groups in total. The van der Waals surface area contributed by atoms with Crippen LogP contribution >= 0.6 is 11.6 Å². The second-order valence-electron chi connectivity index (χ2n) is 7.45. The van der Waals surface area contributed by atoms with E-state index in [1.54, 1.807) is 24.3 Å². The first-order valence-corrected chi connectivity index (χ1v) is 10.3. The van der Waals surface area contributed by atoms with Crippen molar-refractivity contribution in [2.24, 2.45) is 0 Å². The monoisotopic (exact) mass is 411 g/mol. The Balaban J connectivity index is 1.51. The highest BCUT2D eigenvalue weighted by atomic mass is 35.5. The summed E-state index contributed by atoms with van der Waals surface area (Å²) in [5.74, 6) is 6.84. The Hall–Kier alpha value is -3.12. The lowest BCUT2D eigenvalue weighted by Crippen LogP contribution is -2.26. The van der Waals surface area contributed by atoms with Crippen molar-refractivity contribution in [1.29, 1.82) is 0 Å². The maximum absolute atomic E-state index is 12.5. The molecule has 0 aliphatic heterocycles. The highest BCUT2D eigenvalue weighted by Crippen LogP contribution is 2.33. The number of Topliss-reactive ketones (excluding diaryl/α,β-unsaturated/α-hetero) is 1. The molecule has 0 saturated heterocycles. The predicted octanol–water partition coefficient (Wildman–Crippen LogP) is 5.77. The van der Waals surface area contributed by atoms with Gasteiger partial charge in [0, 0.05) is 10.6 Å². The van der Waals surface area contributed by atoms with E-state index in [0.29, 0.717) is 23.7 Å². The fourth-order valence-electron chi connectivity index (χ4n) is 3.66. The predicted molar refractivity (Wildman–Crippen MR) is 125 cm³/mol. The Bertz CT molecular complexity index is 1100. The fourth-order valence-corrected chi connectivity index (χ4v) is 3.79. The molecule has 0 saturated carbocycles. The van der Waals surface area contributed by atoms with Gasteiger partial charge in [-0.25, -0.2) is 0 Å². The van der Waals surface area contributed by atoms with Crippen LogP contribution in [0.5, 0.6) is 0 Å². The van der Waals surface area contributed by atoms with E-state index < -0.39 is 0 Å². The zero-order valence-electron chi connectivity index (χ0n) is 16.8. The van der Waals surface area contributed by atoms with Gasteiger partial charge < -0.3 is 0 Å². The summed E-state index contributed by atoms with van der Waals surface area (Å²) in [6.07, 6.45) is 4.32. The molecule has 0 spiro atoms. The molecule has 0 atom stereocenters. The Morgan fingerprint density at radius 2 is 1.47 bits per heavy atom. The standard InChI is InChI=1S/C27H22ClNO/c1-29(19-27(30)22-14-16-23(28)17-15-22)18-6-11-26-24-9-4-2-7-20(24)12-13-21-8-3-5-10-25(21)26/h2-5,7-10,12-17,26H,18-19H2,1H3. The van der Waals surface area contributed by atoms with Crippen LogP contribution in [0.4, 0.5) is 0 Å². The van der Waals surface area contributed by atoms with Gasteiger partial charge in [-0.1, -0.05) is 84.1 Å². The van der Waals surface area contributed by atoms with Gasteiger partial charge >= 0.3 is 0 Å². The van der Waals surface area contributed by atoms with Crippen molar-refractivity contribution in [2.75, 3.05) is 20.1 Å². The molecule has 148 valence electrons. The minimum Gasteiger partial charge on any atom is -0.293 e. The quantitative estimate of drug-likeness (QED) is 0.401. The molecular weight excluding hydrogens is 390 g/mol. The Kier molecular flexibility index (Phi) is 6.14. The first kappa shape index (κ1) is 20.2. The Labute approximate surface area is 182 Å². The third-order valence-electron chi connectivity index (χ3n) is 5.23. The van der Waals surface area contributed by atoms with Gasteiger partial charge in [0.1, 0.15) is 0 Å². The van der Waals surface area contributed by atoms with Crippen LogP contribution in [0.1, 0.15) is 38.5 Å². The average Bonchev–Trinajstić information content (AvgIpc) is 2.91. The van der Waals surface area contributed by atoms with Gasteiger partial charge in [0.2, 0.25) is 0 Å². The average molecular weight is 412 g/mol. The number of carbonyl (C=O) groups excluding carboxylic acids is 1. The van der Waals surface area contributed by atoms with Crippen molar-refractivity contribution in [1.82, 2.24) is 4.90 Å². The van der Waals surface area contributed by atoms with E-state index in [1.165, 1.54) is 22.3 Å². The lowest BCUT2D eigenvalue weighted by atomic mass is 9.88. The summed E-state index contributed by atoms with van der Waals surface area (Å²) in [5, 5.41) is 0.629. The van der Waals surface area contributed by atoms with Gasteiger partial charge in [-0.05, 0) is 53.6 Å². The molecule has 0 amide bonds.